The molecule has 0 amide bonds. The molecule has 0 aliphatic heterocycles. The molecule has 1 nitrogen and oxygen atoms in total. The fourth-order valence-electron chi connectivity index (χ4n) is 1.26. The lowest BCUT2D eigenvalue weighted by molar-refractivity contribution is 0.306. The third-order valence-electron chi connectivity index (χ3n) is 2.17. The van der Waals surface area contributed by atoms with Gasteiger partial charge in [0.25, 0.3) is 0 Å². The van der Waals surface area contributed by atoms with E-state index in [-0.39, 0.29) is 0 Å². The lowest BCUT2D eigenvalue weighted by Crippen LogP contribution is -2.02. The maximum absolute atomic E-state index is 5.63. The van der Waals surface area contributed by atoms with E-state index in [0.717, 1.165) is 23.2 Å². The minimum atomic E-state index is 0.628. The van der Waals surface area contributed by atoms with Crippen molar-refractivity contribution in [1.29, 1.82) is 0 Å². The van der Waals surface area contributed by atoms with Crippen LogP contribution >= 0.6 is 31.9 Å². The summed E-state index contributed by atoms with van der Waals surface area (Å²) in [5.74, 6) is 0.937. The topological polar surface area (TPSA) is 9.23 Å². The molecule has 0 saturated carbocycles. The zero-order chi connectivity index (χ0) is 11.1. The Balaban J connectivity index is 2.20. The molecule has 1 rings (SSSR count). The summed E-state index contributed by atoms with van der Waals surface area (Å²) in [6.07, 6.45) is 3.44. The van der Waals surface area contributed by atoms with Crippen molar-refractivity contribution >= 4 is 31.9 Å². The summed E-state index contributed by atoms with van der Waals surface area (Å²) in [7, 11) is 0. The van der Waals surface area contributed by atoms with Crippen molar-refractivity contribution < 1.29 is 4.74 Å². The van der Waals surface area contributed by atoms with E-state index >= 15 is 0 Å². The van der Waals surface area contributed by atoms with Gasteiger partial charge in [-0.1, -0.05) is 44.8 Å². The Morgan fingerprint density at radius 1 is 1.40 bits per heavy atom. The van der Waals surface area contributed by atoms with Crippen LogP contribution in [0.15, 0.2) is 28.7 Å². The van der Waals surface area contributed by atoms with Crippen LogP contribution < -0.4 is 4.74 Å². The number of halogens is 2. The zero-order valence-corrected chi connectivity index (χ0v) is 12.1. The Bertz CT molecular complexity index is 289. The van der Waals surface area contributed by atoms with Crippen LogP contribution in [-0.4, -0.2) is 11.4 Å². The highest BCUT2D eigenvalue weighted by molar-refractivity contribution is 9.10. The van der Waals surface area contributed by atoms with Gasteiger partial charge in [0.2, 0.25) is 0 Å². The van der Waals surface area contributed by atoms with Crippen LogP contribution in [0.3, 0.4) is 0 Å². The van der Waals surface area contributed by atoms with Crippen LogP contribution in [0.5, 0.6) is 5.75 Å². The van der Waals surface area contributed by atoms with Crippen molar-refractivity contribution in [2.75, 3.05) is 6.61 Å². The highest BCUT2D eigenvalue weighted by atomic mass is 79.9. The highest BCUT2D eigenvalue weighted by Gasteiger charge is 2.00. The molecule has 0 N–H and O–H groups in total. The van der Waals surface area contributed by atoms with Crippen LogP contribution in [-0.2, 0) is 0 Å². The van der Waals surface area contributed by atoms with Gasteiger partial charge in [-0.3, -0.25) is 0 Å². The molecule has 0 aliphatic rings. The summed E-state index contributed by atoms with van der Waals surface area (Å²) in [6, 6.07) is 7.96. The standard InChI is InChI=1S/C12H16Br2O/c1-2-10(13)6-4-8-15-12-7-3-5-11(14)9-12/h3,5,7,9-10H,2,4,6,8H2,1H3. The first kappa shape index (κ1) is 13.0. The third-order valence-corrected chi connectivity index (χ3v) is 3.77. The van der Waals surface area contributed by atoms with Crippen molar-refractivity contribution in [2.45, 2.75) is 31.0 Å². The molecule has 1 atom stereocenters. The summed E-state index contributed by atoms with van der Waals surface area (Å²) in [5, 5.41) is 0. The number of rotatable bonds is 6. The normalized spacial score (nSPS) is 12.5. The van der Waals surface area contributed by atoms with Crippen molar-refractivity contribution in [3.05, 3.63) is 28.7 Å². The first-order chi connectivity index (χ1) is 7.22. The van der Waals surface area contributed by atoms with Gasteiger partial charge < -0.3 is 4.74 Å². The predicted octanol–water partition coefficient (Wildman–Crippen LogP) is 4.78. The van der Waals surface area contributed by atoms with Gasteiger partial charge in [-0.05, 0) is 37.5 Å². The maximum Gasteiger partial charge on any atom is 0.120 e. The smallest absolute Gasteiger partial charge is 0.120 e. The minimum Gasteiger partial charge on any atom is -0.494 e. The average molecular weight is 336 g/mol. The molecule has 0 aromatic heterocycles. The second-order valence-electron chi connectivity index (χ2n) is 3.45. The van der Waals surface area contributed by atoms with Crippen LogP contribution in [0, 0.1) is 0 Å². The molecule has 0 spiro atoms. The Hall–Kier alpha value is -0.0200. The summed E-state index contributed by atoms with van der Waals surface area (Å²) in [4.78, 5) is 0.628. The van der Waals surface area contributed by atoms with Crippen molar-refractivity contribution in [3.8, 4) is 5.75 Å². The van der Waals surface area contributed by atoms with Crippen LogP contribution in [0.4, 0.5) is 0 Å². The zero-order valence-electron chi connectivity index (χ0n) is 8.88. The Labute approximate surface area is 108 Å². The predicted molar refractivity (Wildman–Crippen MR) is 71.9 cm³/mol. The van der Waals surface area contributed by atoms with Crippen LogP contribution in [0.2, 0.25) is 0 Å². The number of benzene rings is 1. The molecule has 0 fully saturated rings. The van der Waals surface area contributed by atoms with Gasteiger partial charge in [0.05, 0.1) is 6.61 Å². The lowest BCUT2D eigenvalue weighted by Gasteiger charge is -2.08. The van der Waals surface area contributed by atoms with E-state index in [9.17, 15) is 0 Å². The highest BCUT2D eigenvalue weighted by Crippen LogP contribution is 2.18. The molecule has 3 heteroatoms. The van der Waals surface area contributed by atoms with Crippen molar-refractivity contribution in [2.24, 2.45) is 0 Å². The van der Waals surface area contributed by atoms with Crippen LogP contribution in [0.1, 0.15) is 26.2 Å². The molecule has 0 heterocycles. The largest absolute Gasteiger partial charge is 0.494 e. The van der Waals surface area contributed by atoms with Gasteiger partial charge >= 0.3 is 0 Å². The van der Waals surface area contributed by atoms with Gasteiger partial charge in [0.1, 0.15) is 5.75 Å². The van der Waals surface area contributed by atoms with Gasteiger partial charge in [-0.15, -0.1) is 0 Å². The Morgan fingerprint density at radius 3 is 2.87 bits per heavy atom. The van der Waals surface area contributed by atoms with E-state index in [4.69, 9.17) is 4.74 Å². The number of ether oxygens (including phenoxy) is 1. The van der Waals surface area contributed by atoms with Gasteiger partial charge in [0, 0.05) is 9.30 Å². The second-order valence-corrected chi connectivity index (χ2v) is 5.66. The molecule has 0 bridgehead atoms. The SMILES string of the molecule is CCC(Br)CCCOc1cccc(Br)c1. The van der Waals surface area contributed by atoms with E-state index in [0.29, 0.717) is 4.83 Å². The summed E-state index contributed by atoms with van der Waals surface area (Å²) in [6.45, 7) is 2.98. The fourth-order valence-corrected chi connectivity index (χ4v) is 1.96. The molecule has 1 aromatic carbocycles. The van der Waals surface area contributed by atoms with E-state index in [1.807, 2.05) is 24.3 Å². The van der Waals surface area contributed by atoms with Crippen molar-refractivity contribution in [3.63, 3.8) is 0 Å². The maximum atomic E-state index is 5.63. The quantitative estimate of drug-likeness (QED) is 0.537. The van der Waals surface area contributed by atoms with E-state index in [1.54, 1.807) is 0 Å². The van der Waals surface area contributed by atoms with Gasteiger partial charge in [-0.25, -0.2) is 0 Å². The van der Waals surface area contributed by atoms with Gasteiger partial charge in [0.15, 0.2) is 0 Å². The Kier molecular flexibility index (Phi) is 6.34. The minimum absolute atomic E-state index is 0.628. The monoisotopic (exact) mass is 334 g/mol. The fraction of sp³-hybridized carbons (Fsp3) is 0.500. The molecule has 84 valence electrons. The second kappa shape index (κ2) is 7.29. The number of hydrogen-bond acceptors (Lipinski definition) is 1. The lowest BCUT2D eigenvalue weighted by atomic mass is 10.2. The van der Waals surface area contributed by atoms with E-state index < -0.39 is 0 Å². The van der Waals surface area contributed by atoms with E-state index in [2.05, 4.69) is 38.8 Å². The molecule has 0 aliphatic carbocycles. The molecule has 15 heavy (non-hydrogen) atoms. The number of alkyl halides is 1. The van der Waals surface area contributed by atoms with Crippen molar-refractivity contribution in [1.82, 2.24) is 0 Å². The summed E-state index contributed by atoms with van der Waals surface area (Å²) < 4.78 is 6.69. The molecule has 0 saturated heterocycles. The number of hydrogen-bond donors (Lipinski definition) is 0. The van der Waals surface area contributed by atoms with E-state index in [1.165, 1.54) is 12.8 Å². The summed E-state index contributed by atoms with van der Waals surface area (Å²) >= 11 is 7.03. The molecule has 1 aromatic rings. The Morgan fingerprint density at radius 2 is 2.20 bits per heavy atom. The van der Waals surface area contributed by atoms with Gasteiger partial charge in [-0.2, -0.15) is 0 Å². The molecular weight excluding hydrogens is 320 g/mol. The molecular formula is C12H16Br2O. The first-order valence-electron chi connectivity index (χ1n) is 5.24. The third kappa shape index (κ3) is 5.57. The average Bonchev–Trinajstić information content (AvgIpc) is 2.24. The molecule has 0 radical (unpaired) electrons. The first-order valence-corrected chi connectivity index (χ1v) is 6.95. The van der Waals surface area contributed by atoms with Crippen LogP contribution in [0.25, 0.3) is 0 Å². The summed E-state index contributed by atoms with van der Waals surface area (Å²) in [5.41, 5.74) is 0. The molecule has 1 unspecified atom stereocenters.